The Morgan fingerprint density at radius 3 is 2.52 bits per heavy atom. The number of rotatable bonds is 5. The van der Waals surface area contributed by atoms with Crippen LogP contribution < -0.4 is 5.32 Å². The number of piperazine rings is 1. The summed E-state index contributed by atoms with van der Waals surface area (Å²) in [5.74, 6) is 2.59. The van der Waals surface area contributed by atoms with E-state index in [0.29, 0.717) is 17.0 Å². The zero-order valence-corrected chi connectivity index (χ0v) is 15.5. The number of hydrogen-bond donors (Lipinski definition) is 1. The summed E-state index contributed by atoms with van der Waals surface area (Å²) in [6.45, 7) is 13.2. The highest BCUT2D eigenvalue weighted by molar-refractivity contribution is 7.99. The zero-order chi connectivity index (χ0) is 15.3. The fourth-order valence-electron chi connectivity index (χ4n) is 4.02. The van der Waals surface area contributed by atoms with E-state index >= 15 is 0 Å². The summed E-state index contributed by atoms with van der Waals surface area (Å²) in [5, 5.41) is 3.90. The fourth-order valence-corrected chi connectivity index (χ4v) is 4.64. The first-order chi connectivity index (χ1) is 9.98. The lowest BCUT2D eigenvalue weighted by molar-refractivity contribution is -0.00970. The van der Waals surface area contributed by atoms with Crippen molar-refractivity contribution in [2.24, 2.45) is 5.41 Å². The molecule has 1 N–H and O–H groups in total. The highest BCUT2D eigenvalue weighted by atomic mass is 32.2. The summed E-state index contributed by atoms with van der Waals surface area (Å²) in [4.78, 5) is 2.88. The summed E-state index contributed by atoms with van der Waals surface area (Å²) in [7, 11) is 0. The van der Waals surface area contributed by atoms with E-state index in [2.05, 4.69) is 49.7 Å². The van der Waals surface area contributed by atoms with Crippen molar-refractivity contribution in [2.75, 3.05) is 31.1 Å². The average molecular weight is 313 g/mol. The van der Waals surface area contributed by atoms with Crippen LogP contribution in [-0.4, -0.2) is 47.6 Å². The Bertz CT molecular complexity index is 305. The van der Waals surface area contributed by atoms with Gasteiger partial charge in [-0.3, -0.25) is 4.90 Å². The van der Waals surface area contributed by atoms with Gasteiger partial charge in [0.15, 0.2) is 0 Å². The number of nitrogens with zero attached hydrogens (tertiary/aromatic N) is 1. The minimum absolute atomic E-state index is 0.368. The van der Waals surface area contributed by atoms with Crippen molar-refractivity contribution in [3.8, 4) is 0 Å². The molecule has 1 heterocycles. The quantitative estimate of drug-likeness (QED) is 0.768. The highest BCUT2D eigenvalue weighted by Gasteiger charge is 2.43. The standard InChI is InChI=1S/C18H36N2S/c1-5-21-13-9-12-20-14-16(17(2,3)4)19-15-18(20)10-7-6-8-11-18/h16,19H,5-15H2,1-4H3. The molecule has 0 radical (unpaired) electrons. The normalized spacial score (nSPS) is 27.1. The van der Waals surface area contributed by atoms with E-state index in [4.69, 9.17) is 0 Å². The smallest absolute Gasteiger partial charge is 0.0334 e. The maximum atomic E-state index is 3.90. The van der Waals surface area contributed by atoms with Gasteiger partial charge in [0.25, 0.3) is 0 Å². The van der Waals surface area contributed by atoms with Crippen LogP contribution in [0.2, 0.25) is 0 Å². The topological polar surface area (TPSA) is 15.3 Å². The third-order valence-electron chi connectivity index (χ3n) is 5.50. The maximum Gasteiger partial charge on any atom is 0.0334 e. The van der Waals surface area contributed by atoms with Crippen molar-refractivity contribution in [3.05, 3.63) is 0 Å². The van der Waals surface area contributed by atoms with Gasteiger partial charge in [-0.15, -0.1) is 0 Å². The van der Waals surface area contributed by atoms with Gasteiger partial charge < -0.3 is 5.32 Å². The van der Waals surface area contributed by atoms with Gasteiger partial charge in [-0.25, -0.2) is 0 Å². The summed E-state index contributed by atoms with van der Waals surface area (Å²) in [6, 6.07) is 0.642. The molecule has 1 spiro atoms. The van der Waals surface area contributed by atoms with Gasteiger partial charge >= 0.3 is 0 Å². The van der Waals surface area contributed by atoms with Crippen molar-refractivity contribution < 1.29 is 0 Å². The Labute approximate surface area is 136 Å². The van der Waals surface area contributed by atoms with E-state index in [0.717, 1.165) is 0 Å². The van der Waals surface area contributed by atoms with Crippen LogP contribution in [0.5, 0.6) is 0 Å². The molecule has 124 valence electrons. The highest BCUT2D eigenvalue weighted by Crippen LogP contribution is 2.37. The van der Waals surface area contributed by atoms with Gasteiger partial charge in [-0.1, -0.05) is 47.0 Å². The van der Waals surface area contributed by atoms with E-state index in [1.54, 1.807) is 0 Å². The molecule has 1 aliphatic heterocycles. The third-order valence-corrected chi connectivity index (χ3v) is 6.49. The molecular weight excluding hydrogens is 276 g/mol. The van der Waals surface area contributed by atoms with Gasteiger partial charge in [0, 0.05) is 24.7 Å². The number of thioether (sulfide) groups is 1. The first kappa shape index (κ1) is 17.6. The minimum Gasteiger partial charge on any atom is -0.310 e. The van der Waals surface area contributed by atoms with Crippen molar-refractivity contribution in [3.63, 3.8) is 0 Å². The second-order valence-electron chi connectivity index (χ2n) is 8.08. The molecule has 0 amide bonds. The van der Waals surface area contributed by atoms with Crippen molar-refractivity contribution in [2.45, 2.75) is 77.8 Å². The molecule has 0 aromatic heterocycles. The summed E-state index contributed by atoms with van der Waals surface area (Å²) in [5.41, 5.74) is 0.851. The molecule has 1 atom stereocenters. The summed E-state index contributed by atoms with van der Waals surface area (Å²) in [6.07, 6.45) is 8.50. The van der Waals surface area contributed by atoms with Crippen LogP contribution >= 0.6 is 11.8 Å². The van der Waals surface area contributed by atoms with E-state index in [1.165, 1.54) is 69.7 Å². The largest absolute Gasteiger partial charge is 0.310 e. The van der Waals surface area contributed by atoms with E-state index in [-0.39, 0.29) is 0 Å². The predicted octanol–water partition coefficient (Wildman–Crippen LogP) is 4.15. The first-order valence-corrected chi connectivity index (χ1v) is 10.2. The minimum atomic E-state index is 0.368. The lowest BCUT2D eigenvalue weighted by Gasteiger charge is -2.54. The lowest BCUT2D eigenvalue weighted by atomic mass is 9.75. The van der Waals surface area contributed by atoms with Crippen LogP contribution in [0.15, 0.2) is 0 Å². The fraction of sp³-hybridized carbons (Fsp3) is 1.00. The van der Waals surface area contributed by atoms with Crippen molar-refractivity contribution >= 4 is 11.8 Å². The Hall–Kier alpha value is 0.270. The molecule has 0 bridgehead atoms. The van der Waals surface area contributed by atoms with Gasteiger partial charge in [0.05, 0.1) is 0 Å². The van der Waals surface area contributed by atoms with Crippen LogP contribution in [-0.2, 0) is 0 Å². The van der Waals surface area contributed by atoms with E-state index in [9.17, 15) is 0 Å². The SMILES string of the molecule is CCSCCCN1CC(C(C)(C)C)NCC12CCCCC2. The molecule has 2 fully saturated rings. The van der Waals surface area contributed by atoms with Gasteiger partial charge in [0.2, 0.25) is 0 Å². The van der Waals surface area contributed by atoms with Crippen LogP contribution in [0, 0.1) is 5.41 Å². The Morgan fingerprint density at radius 1 is 1.19 bits per heavy atom. The zero-order valence-electron chi connectivity index (χ0n) is 14.7. The molecule has 2 rings (SSSR count). The first-order valence-electron chi connectivity index (χ1n) is 9.04. The molecule has 0 aromatic carbocycles. The Morgan fingerprint density at radius 2 is 1.90 bits per heavy atom. The van der Waals surface area contributed by atoms with Crippen LogP contribution in [0.25, 0.3) is 0 Å². The van der Waals surface area contributed by atoms with E-state index < -0.39 is 0 Å². The molecule has 2 aliphatic rings. The number of hydrogen-bond acceptors (Lipinski definition) is 3. The molecule has 1 aliphatic carbocycles. The maximum absolute atomic E-state index is 3.90. The van der Waals surface area contributed by atoms with Crippen molar-refractivity contribution in [1.29, 1.82) is 0 Å². The third kappa shape index (κ3) is 4.62. The molecule has 3 heteroatoms. The van der Waals surface area contributed by atoms with Gasteiger partial charge in [0.1, 0.15) is 0 Å². The summed E-state index contributed by atoms with van der Waals surface area (Å²) >= 11 is 2.10. The predicted molar refractivity (Wildman–Crippen MR) is 96.3 cm³/mol. The number of nitrogens with one attached hydrogen (secondary N) is 1. The molecule has 2 nitrogen and oxygen atoms in total. The van der Waals surface area contributed by atoms with Gasteiger partial charge in [-0.05, 0) is 42.7 Å². The van der Waals surface area contributed by atoms with Crippen LogP contribution in [0.1, 0.15) is 66.2 Å². The Kier molecular flexibility index (Phi) is 6.46. The second kappa shape index (κ2) is 7.70. The van der Waals surface area contributed by atoms with Crippen molar-refractivity contribution in [1.82, 2.24) is 10.2 Å². The lowest BCUT2D eigenvalue weighted by Crippen LogP contribution is -2.67. The molecular formula is C18H36N2S. The Balaban J connectivity index is 1.99. The average Bonchev–Trinajstić information content (AvgIpc) is 2.45. The summed E-state index contributed by atoms with van der Waals surface area (Å²) < 4.78 is 0. The molecule has 1 unspecified atom stereocenters. The molecule has 21 heavy (non-hydrogen) atoms. The van der Waals surface area contributed by atoms with Crippen LogP contribution in [0.3, 0.4) is 0 Å². The monoisotopic (exact) mass is 312 g/mol. The second-order valence-corrected chi connectivity index (χ2v) is 9.47. The molecule has 1 saturated heterocycles. The van der Waals surface area contributed by atoms with E-state index in [1.807, 2.05) is 0 Å². The van der Waals surface area contributed by atoms with Gasteiger partial charge in [-0.2, -0.15) is 11.8 Å². The molecule has 0 aromatic rings. The van der Waals surface area contributed by atoms with Crippen LogP contribution in [0.4, 0.5) is 0 Å². The molecule has 1 saturated carbocycles.